The van der Waals surface area contributed by atoms with E-state index in [1.165, 1.54) is 0 Å². The van der Waals surface area contributed by atoms with Crippen molar-refractivity contribution in [3.8, 4) is 0 Å². The van der Waals surface area contributed by atoms with Crippen LogP contribution in [-0.4, -0.2) is 31.7 Å². The van der Waals surface area contributed by atoms with Crippen LogP contribution in [0.1, 0.15) is 39.0 Å². The van der Waals surface area contributed by atoms with Crippen molar-refractivity contribution in [1.82, 2.24) is 5.32 Å². The van der Waals surface area contributed by atoms with Crippen LogP contribution >= 0.6 is 0 Å². The minimum Gasteiger partial charge on any atom is -0.378 e. The second-order valence-corrected chi connectivity index (χ2v) is 4.66. The molecule has 1 amide bonds. The molecule has 16 heavy (non-hydrogen) atoms. The van der Waals surface area contributed by atoms with Crippen molar-refractivity contribution >= 4 is 5.91 Å². The summed E-state index contributed by atoms with van der Waals surface area (Å²) in [4.78, 5) is 11.5. The molecular formula is C12H24N2O2. The van der Waals surface area contributed by atoms with Crippen molar-refractivity contribution in [2.75, 3.05) is 19.7 Å². The molecule has 2 atom stereocenters. The maximum absolute atomic E-state index is 11.5. The highest BCUT2D eigenvalue weighted by atomic mass is 16.5. The Morgan fingerprint density at radius 3 is 3.06 bits per heavy atom. The second-order valence-electron chi connectivity index (χ2n) is 4.66. The molecule has 0 aliphatic carbocycles. The van der Waals surface area contributed by atoms with E-state index in [1.54, 1.807) is 0 Å². The number of ether oxygens (including phenoxy) is 1. The Kier molecular flexibility index (Phi) is 6.42. The normalized spacial score (nSPS) is 22.0. The average Bonchev–Trinajstić information content (AvgIpc) is 2.77. The lowest BCUT2D eigenvalue weighted by Crippen LogP contribution is -2.29. The number of carbonyl (C=O) groups excluding carboxylic acids is 1. The number of rotatable bonds is 7. The molecule has 0 aromatic carbocycles. The molecule has 3 N–H and O–H groups in total. The third-order valence-electron chi connectivity index (χ3n) is 3.02. The molecule has 1 fully saturated rings. The van der Waals surface area contributed by atoms with Crippen LogP contribution < -0.4 is 11.1 Å². The predicted molar refractivity (Wildman–Crippen MR) is 64.1 cm³/mol. The minimum atomic E-state index is 0.138. The summed E-state index contributed by atoms with van der Waals surface area (Å²) in [6, 6.07) is 0. The molecule has 1 aliphatic rings. The van der Waals surface area contributed by atoms with Gasteiger partial charge in [-0.3, -0.25) is 4.79 Å². The van der Waals surface area contributed by atoms with E-state index in [2.05, 4.69) is 12.2 Å². The zero-order valence-corrected chi connectivity index (χ0v) is 10.2. The van der Waals surface area contributed by atoms with E-state index in [0.717, 1.165) is 38.8 Å². The number of amides is 1. The van der Waals surface area contributed by atoms with Gasteiger partial charge in [0.25, 0.3) is 0 Å². The van der Waals surface area contributed by atoms with E-state index in [0.29, 0.717) is 25.0 Å². The lowest BCUT2D eigenvalue weighted by Gasteiger charge is -2.12. The molecule has 0 bridgehead atoms. The van der Waals surface area contributed by atoms with Gasteiger partial charge in [-0.2, -0.15) is 0 Å². The van der Waals surface area contributed by atoms with Crippen molar-refractivity contribution in [3.05, 3.63) is 0 Å². The first-order valence-electron chi connectivity index (χ1n) is 6.30. The van der Waals surface area contributed by atoms with Crippen molar-refractivity contribution in [1.29, 1.82) is 0 Å². The fraction of sp³-hybridized carbons (Fsp3) is 0.917. The highest BCUT2D eigenvalue weighted by Crippen LogP contribution is 2.16. The minimum absolute atomic E-state index is 0.138. The fourth-order valence-corrected chi connectivity index (χ4v) is 1.93. The number of nitrogens with one attached hydrogen (secondary N) is 1. The monoisotopic (exact) mass is 228 g/mol. The third kappa shape index (κ3) is 5.47. The molecule has 1 saturated heterocycles. The molecule has 0 aromatic rings. The maximum Gasteiger partial charge on any atom is 0.220 e. The summed E-state index contributed by atoms with van der Waals surface area (Å²) in [6.07, 6.45) is 4.96. The van der Waals surface area contributed by atoms with Crippen LogP contribution in [0, 0.1) is 5.92 Å². The summed E-state index contributed by atoms with van der Waals surface area (Å²) in [5, 5.41) is 2.94. The van der Waals surface area contributed by atoms with E-state index in [-0.39, 0.29) is 5.91 Å². The van der Waals surface area contributed by atoms with Gasteiger partial charge in [0, 0.05) is 19.6 Å². The van der Waals surface area contributed by atoms with Gasteiger partial charge in [0.15, 0.2) is 0 Å². The smallest absolute Gasteiger partial charge is 0.220 e. The van der Waals surface area contributed by atoms with Crippen LogP contribution in [0.3, 0.4) is 0 Å². The lowest BCUT2D eigenvalue weighted by molar-refractivity contribution is -0.121. The largest absolute Gasteiger partial charge is 0.378 e. The van der Waals surface area contributed by atoms with Crippen LogP contribution in [0.4, 0.5) is 0 Å². The molecule has 1 aliphatic heterocycles. The summed E-state index contributed by atoms with van der Waals surface area (Å²) < 4.78 is 5.47. The highest BCUT2D eigenvalue weighted by Gasteiger charge is 2.16. The van der Waals surface area contributed by atoms with E-state index in [9.17, 15) is 4.79 Å². The Morgan fingerprint density at radius 1 is 1.62 bits per heavy atom. The van der Waals surface area contributed by atoms with Gasteiger partial charge in [-0.05, 0) is 38.1 Å². The molecule has 0 spiro atoms. The zero-order valence-electron chi connectivity index (χ0n) is 10.2. The van der Waals surface area contributed by atoms with E-state index >= 15 is 0 Å². The molecule has 2 unspecified atom stereocenters. The van der Waals surface area contributed by atoms with Gasteiger partial charge < -0.3 is 15.8 Å². The van der Waals surface area contributed by atoms with Gasteiger partial charge in [0.05, 0.1) is 6.10 Å². The van der Waals surface area contributed by atoms with Crippen LogP contribution in [0.5, 0.6) is 0 Å². The number of carbonyl (C=O) groups is 1. The molecule has 0 radical (unpaired) electrons. The Hall–Kier alpha value is -0.610. The first-order chi connectivity index (χ1) is 7.72. The number of nitrogens with two attached hydrogens (primary N) is 1. The summed E-state index contributed by atoms with van der Waals surface area (Å²) in [5.41, 5.74) is 5.45. The molecule has 4 heteroatoms. The number of hydrogen-bond donors (Lipinski definition) is 2. The fourth-order valence-electron chi connectivity index (χ4n) is 1.93. The standard InChI is InChI=1S/C12H24N2O2/c1-10(6-7-13)9-14-12(15)5-4-11-3-2-8-16-11/h10-11H,2-9,13H2,1H3,(H,14,15). The van der Waals surface area contributed by atoms with Gasteiger partial charge in [0.2, 0.25) is 5.91 Å². The molecular weight excluding hydrogens is 204 g/mol. The number of hydrogen-bond acceptors (Lipinski definition) is 3. The molecule has 1 heterocycles. The molecule has 4 nitrogen and oxygen atoms in total. The molecule has 0 saturated carbocycles. The summed E-state index contributed by atoms with van der Waals surface area (Å²) in [6.45, 7) is 4.39. The molecule has 94 valence electrons. The Bertz CT molecular complexity index is 203. The van der Waals surface area contributed by atoms with Crippen LogP contribution in [-0.2, 0) is 9.53 Å². The van der Waals surface area contributed by atoms with E-state index in [4.69, 9.17) is 10.5 Å². The zero-order chi connectivity index (χ0) is 11.8. The first kappa shape index (κ1) is 13.5. The summed E-state index contributed by atoms with van der Waals surface area (Å²) in [5.74, 6) is 0.607. The average molecular weight is 228 g/mol. The molecule has 0 aromatic heterocycles. The summed E-state index contributed by atoms with van der Waals surface area (Å²) in [7, 11) is 0. The van der Waals surface area contributed by atoms with Crippen molar-refractivity contribution in [2.45, 2.75) is 45.1 Å². The predicted octanol–water partition coefficient (Wildman–Crippen LogP) is 1.05. The van der Waals surface area contributed by atoms with Crippen molar-refractivity contribution in [3.63, 3.8) is 0 Å². The first-order valence-corrected chi connectivity index (χ1v) is 6.30. The molecule has 1 rings (SSSR count). The second kappa shape index (κ2) is 7.63. The van der Waals surface area contributed by atoms with Crippen molar-refractivity contribution < 1.29 is 9.53 Å². The van der Waals surface area contributed by atoms with Gasteiger partial charge in [-0.25, -0.2) is 0 Å². The van der Waals surface area contributed by atoms with Gasteiger partial charge in [0.1, 0.15) is 0 Å². The van der Waals surface area contributed by atoms with E-state index < -0.39 is 0 Å². The van der Waals surface area contributed by atoms with Gasteiger partial charge in [-0.1, -0.05) is 6.92 Å². The van der Waals surface area contributed by atoms with E-state index in [1.807, 2.05) is 0 Å². The van der Waals surface area contributed by atoms with Gasteiger partial charge >= 0.3 is 0 Å². The SMILES string of the molecule is CC(CCN)CNC(=O)CCC1CCCO1. The Labute approximate surface area is 97.9 Å². The topological polar surface area (TPSA) is 64.3 Å². The third-order valence-corrected chi connectivity index (χ3v) is 3.02. The summed E-state index contributed by atoms with van der Waals surface area (Å²) >= 11 is 0. The quantitative estimate of drug-likeness (QED) is 0.684. The Morgan fingerprint density at radius 2 is 2.44 bits per heavy atom. The van der Waals surface area contributed by atoms with Crippen LogP contribution in [0.15, 0.2) is 0 Å². The van der Waals surface area contributed by atoms with Gasteiger partial charge in [-0.15, -0.1) is 0 Å². The maximum atomic E-state index is 11.5. The lowest BCUT2D eigenvalue weighted by atomic mass is 10.1. The van der Waals surface area contributed by atoms with Crippen LogP contribution in [0.25, 0.3) is 0 Å². The Balaban J connectivity index is 2.01. The van der Waals surface area contributed by atoms with Crippen LogP contribution in [0.2, 0.25) is 0 Å². The highest BCUT2D eigenvalue weighted by molar-refractivity contribution is 5.75. The van der Waals surface area contributed by atoms with Crippen molar-refractivity contribution in [2.24, 2.45) is 11.7 Å².